The molecule has 2 aromatic carbocycles. The zero-order valence-corrected chi connectivity index (χ0v) is 14.1. The Balaban J connectivity index is 2.13. The molecule has 2 aromatic rings. The van der Waals surface area contributed by atoms with Gasteiger partial charge in [-0.25, -0.2) is 9.59 Å². The molecule has 0 aliphatic carbocycles. The van der Waals surface area contributed by atoms with E-state index < -0.39 is 0 Å². The van der Waals surface area contributed by atoms with Crippen LogP contribution in [-0.4, -0.2) is 25.2 Å². The Morgan fingerprint density at radius 1 is 0.833 bits per heavy atom. The minimum Gasteiger partial charge on any atom is -0.462 e. The second-order valence-corrected chi connectivity index (χ2v) is 5.37. The summed E-state index contributed by atoms with van der Waals surface area (Å²) < 4.78 is 10.2. The maximum atomic E-state index is 12.0. The molecule has 0 atom stereocenters. The normalized spacial score (nSPS) is 10.2. The van der Waals surface area contributed by atoms with Crippen LogP contribution in [0.3, 0.4) is 0 Å². The lowest BCUT2D eigenvalue weighted by Gasteiger charge is -2.07. The second-order valence-electron chi connectivity index (χ2n) is 5.37. The highest BCUT2D eigenvalue weighted by Gasteiger charge is 2.10. The van der Waals surface area contributed by atoms with E-state index in [9.17, 15) is 9.59 Å². The summed E-state index contributed by atoms with van der Waals surface area (Å²) in [5.74, 6) is -0.647. The molecule has 0 spiro atoms. The highest BCUT2D eigenvalue weighted by atomic mass is 16.5. The Kier molecular flexibility index (Phi) is 6.55. The fraction of sp³-hybridized carbons (Fsp3) is 0.300. The van der Waals surface area contributed by atoms with Gasteiger partial charge >= 0.3 is 11.9 Å². The Hall–Kier alpha value is -2.62. The first-order chi connectivity index (χ1) is 11.7. The highest BCUT2D eigenvalue weighted by Crippen LogP contribution is 2.21. The Morgan fingerprint density at radius 2 is 1.54 bits per heavy atom. The lowest BCUT2D eigenvalue weighted by molar-refractivity contribution is 0.0497. The van der Waals surface area contributed by atoms with Crippen molar-refractivity contribution in [2.24, 2.45) is 0 Å². The van der Waals surface area contributed by atoms with Crippen LogP contribution in [0.1, 0.15) is 47.4 Å². The fourth-order valence-corrected chi connectivity index (χ4v) is 2.23. The third kappa shape index (κ3) is 4.69. The summed E-state index contributed by atoms with van der Waals surface area (Å²) in [7, 11) is 0. The van der Waals surface area contributed by atoms with Crippen molar-refractivity contribution in [1.82, 2.24) is 0 Å². The van der Waals surface area contributed by atoms with Crippen LogP contribution in [0, 0.1) is 0 Å². The van der Waals surface area contributed by atoms with Gasteiger partial charge < -0.3 is 9.47 Å². The van der Waals surface area contributed by atoms with E-state index in [1.165, 1.54) is 0 Å². The van der Waals surface area contributed by atoms with E-state index in [1.807, 2.05) is 24.3 Å². The molecular formula is C20H22O4. The van der Waals surface area contributed by atoms with Gasteiger partial charge in [0.25, 0.3) is 0 Å². The summed E-state index contributed by atoms with van der Waals surface area (Å²) in [6.07, 6.45) is 1.85. The van der Waals surface area contributed by atoms with Crippen LogP contribution in [-0.2, 0) is 9.47 Å². The molecule has 0 N–H and O–H groups in total. The zero-order chi connectivity index (χ0) is 17.4. The van der Waals surface area contributed by atoms with Crippen molar-refractivity contribution in [3.8, 4) is 11.1 Å². The number of benzene rings is 2. The highest BCUT2D eigenvalue weighted by molar-refractivity contribution is 5.92. The van der Waals surface area contributed by atoms with Crippen LogP contribution in [0.2, 0.25) is 0 Å². The number of unbranched alkanes of at least 4 members (excludes halogenated alkanes) is 1. The van der Waals surface area contributed by atoms with Crippen LogP contribution < -0.4 is 0 Å². The van der Waals surface area contributed by atoms with Crippen LogP contribution in [0.15, 0.2) is 48.5 Å². The number of carbonyl (C=O) groups is 2. The predicted octanol–water partition coefficient (Wildman–Crippen LogP) is 4.49. The third-order valence-corrected chi connectivity index (χ3v) is 3.56. The smallest absolute Gasteiger partial charge is 0.338 e. The molecule has 24 heavy (non-hydrogen) atoms. The van der Waals surface area contributed by atoms with Gasteiger partial charge in [0.2, 0.25) is 0 Å². The number of ether oxygens (including phenoxy) is 2. The molecular weight excluding hydrogens is 304 g/mol. The molecule has 0 amide bonds. The van der Waals surface area contributed by atoms with Gasteiger partial charge in [0, 0.05) is 0 Å². The molecule has 0 saturated heterocycles. The number of rotatable bonds is 7. The zero-order valence-electron chi connectivity index (χ0n) is 14.1. The van der Waals surface area contributed by atoms with E-state index in [2.05, 4.69) is 6.92 Å². The molecule has 2 rings (SSSR count). The Labute approximate surface area is 142 Å². The lowest BCUT2D eigenvalue weighted by atomic mass is 10.0. The van der Waals surface area contributed by atoms with Gasteiger partial charge in [-0.2, -0.15) is 0 Å². The molecule has 0 aliphatic rings. The van der Waals surface area contributed by atoms with E-state index in [1.54, 1.807) is 31.2 Å². The largest absolute Gasteiger partial charge is 0.462 e. The van der Waals surface area contributed by atoms with E-state index in [-0.39, 0.29) is 11.9 Å². The second kappa shape index (κ2) is 8.87. The molecule has 0 bridgehead atoms. The SMILES string of the molecule is CCCCOC(=O)c1cccc(-c2ccc(C(=O)OCC)cc2)c1. The van der Waals surface area contributed by atoms with Crippen molar-refractivity contribution in [2.45, 2.75) is 26.7 Å². The Bertz CT molecular complexity index is 689. The molecule has 0 heterocycles. The van der Waals surface area contributed by atoms with Crippen molar-refractivity contribution in [2.75, 3.05) is 13.2 Å². The molecule has 4 nitrogen and oxygen atoms in total. The summed E-state index contributed by atoms with van der Waals surface area (Å²) in [6.45, 7) is 4.61. The quantitative estimate of drug-likeness (QED) is 0.556. The minimum atomic E-state index is -0.336. The average molecular weight is 326 g/mol. The molecule has 0 fully saturated rings. The van der Waals surface area contributed by atoms with Crippen LogP contribution in [0.4, 0.5) is 0 Å². The summed E-state index contributed by atoms with van der Waals surface area (Å²) in [5.41, 5.74) is 2.86. The maximum absolute atomic E-state index is 12.0. The van der Waals surface area contributed by atoms with Gasteiger partial charge in [-0.1, -0.05) is 37.6 Å². The Morgan fingerprint density at radius 3 is 2.21 bits per heavy atom. The first kappa shape index (κ1) is 17.7. The van der Waals surface area contributed by atoms with E-state index in [0.29, 0.717) is 24.3 Å². The molecule has 0 unspecified atom stereocenters. The van der Waals surface area contributed by atoms with Gasteiger partial charge in [0.05, 0.1) is 24.3 Å². The van der Waals surface area contributed by atoms with Crippen LogP contribution >= 0.6 is 0 Å². The van der Waals surface area contributed by atoms with Crippen molar-refractivity contribution in [3.05, 3.63) is 59.7 Å². The summed E-state index contributed by atoms with van der Waals surface area (Å²) >= 11 is 0. The van der Waals surface area contributed by atoms with Crippen molar-refractivity contribution >= 4 is 11.9 Å². The molecule has 0 radical (unpaired) electrons. The minimum absolute atomic E-state index is 0.312. The van der Waals surface area contributed by atoms with Crippen LogP contribution in [0.25, 0.3) is 11.1 Å². The summed E-state index contributed by atoms with van der Waals surface area (Å²) in [5, 5.41) is 0. The number of esters is 2. The molecule has 0 saturated carbocycles. The van der Waals surface area contributed by atoms with E-state index >= 15 is 0 Å². The number of hydrogen-bond donors (Lipinski definition) is 0. The number of hydrogen-bond acceptors (Lipinski definition) is 4. The lowest BCUT2D eigenvalue weighted by Crippen LogP contribution is -2.06. The van der Waals surface area contributed by atoms with E-state index in [0.717, 1.165) is 24.0 Å². The van der Waals surface area contributed by atoms with Crippen LogP contribution in [0.5, 0.6) is 0 Å². The van der Waals surface area contributed by atoms with Gasteiger partial charge in [-0.05, 0) is 48.7 Å². The summed E-state index contributed by atoms with van der Waals surface area (Å²) in [6, 6.07) is 14.4. The van der Waals surface area contributed by atoms with Gasteiger partial charge in [-0.15, -0.1) is 0 Å². The van der Waals surface area contributed by atoms with Crippen molar-refractivity contribution in [3.63, 3.8) is 0 Å². The molecule has 0 aliphatic heterocycles. The monoisotopic (exact) mass is 326 g/mol. The first-order valence-electron chi connectivity index (χ1n) is 8.20. The number of carbonyl (C=O) groups excluding carboxylic acids is 2. The standard InChI is InChI=1S/C20H22O4/c1-3-5-13-24-20(22)18-8-6-7-17(14-18)15-9-11-16(12-10-15)19(21)23-4-2/h6-12,14H,3-5,13H2,1-2H3. The van der Waals surface area contributed by atoms with Crippen molar-refractivity contribution in [1.29, 1.82) is 0 Å². The fourth-order valence-electron chi connectivity index (χ4n) is 2.23. The van der Waals surface area contributed by atoms with Crippen molar-refractivity contribution < 1.29 is 19.1 Å². The van der Waals surface area contributed by atoms with Gasteiger partial charge in [-0.3, -0.25) is 0 Å². The van der Waals surface area contributed by atoms with E-state index in [4.69, 9.17) is 9.47 Å². The maximum Gasteiger partial charge on any atom is 0.338 e. The predicted molar refractivity (Wildman–Crippen MR) is 93.0 cm³/mol. The van der Waals surface area contributed by atoms with Gasteiger partial charge in [0.1, 0.15) is 0 Å². The molecule has 126 valence electrons. The average Bonchev–Trinajstić information content (AvgIpc) is 2.62. The molecule has 4 heteroatoms. The molecule has 0 aromatic heterocycles. The summed E-state index contributed by atoms with van der Waals surface area (Å²) in [4.78, 5) is 23.7. The first-order valence-corrected chi connectivity index (χ1v) is 8.20. The van der Waals surface area contributed by atoms with Gasteiger partial charge in [0.15, 0.2) is 0 Å². The topological polar surface area (TPSA) is 52.6 Å². The third-order valence-electron chi connectivity index (χ3n) is 3.56.